The highest BCUT2D eigenvalue weighted by molar-refractivity contribution is 8.07. The van der Waals surface area contributed by atoms with Crippen molar-refractivity contribution in [3.8, 4) is 0 Å². The van der Waals surface area contributed by atoms with E-state index in [1.54, 1.807) is 108 Å². The molecule has 0 fully saturated rings. The molecule has 6 unspecified atom stereocenters. The molecule has 22 rings (SSSR count). The molecular formula is C84H90O6S18. The summed E-state index contributed by atoms with van der Waals surface area (Å²) in [4.78, 5) is 31.2. The average Bonchev–Trinajstić information content (AvgIpc) is 0.761. The van der Waals surface area contributed by atoms with Crippen LogP contribution in [0.1, 0.15) is 152 Å². The minimum atomic E-state index is -1.39. The smallest absolute Gasteiger partial charge is 0.0537 e. The van der Waals surface area contributed by atoms with Gasteiger partial charge in [0, 0.05) is 155 Å². The molecule has 0 aliphatic carbocycles. The Balaban J connectivity index is 0.997. The van der Waals surface area contributed by atoms with E-state index in [4.69, 9.17) is 0 Å². The van der Waals surface area contributed by atoms with Crippen LogP contribution in [0.5, 0.6) is 0 Å². The van der Waals surface area contributed by atoms with Crippen molar-refractivity contribution in [2.24, 2.45) is 0 Å². The Hall–Kier alpha value is -1.92. The maximum atomic E-state index is 14.2. The molecule has 108 heavy (non-hydrogen) atoms. The first kappa shape index (κ1) is 84.0. The van der Waals surface area contributed by atoms with Crippen LogP contribution in [-0.4, -0.2) is 62.8 Å². The molecule has 24 bridgehead atoms. The third-order valence-electron chi connectivity index (χ3n) is 19.3. The first-order chi connectivity index (χ1) is 52.2. The second-order valence-electron chi connectivity index (χ2n) is 27.0. The summed E-state index contributed by atoms with van der Waals surface area (Å²) in [6, 6.07) is 39.9. The van der Waals surface area contributed by atoms with Gasteiger partial charge in [0.2, 0.25) is 0 Å². The first-order valence-corrected chi connectivity index (χ1v) is 56.0. The Morgan fingerprint density at radius 1 is 0.194 bits per heavy atom. The summed E-state index contributed by atoms with van der Waals surface area (Å²) >= 11 is 21.3. The van der Waals surface area contributed by atoms with E-state index in [1.165, 1.54) is 92.1 Å². The summed E-state index contributed by atoms with van der Waals surface area (Å²) in [7, 11) is -8.35. The van der Waals surface area contributed by atoms with Gasteiger partial charge in [0.25, 0.3) is 0 Å². The Bertz CT molecular complexity index is 4340. The highest BCUT2D eigenvalue weighted by atomic mass is 32.2. The van der Waals surface area contributed by atoms with E-state index < -0.39 is 64.8 Å². The van der Waals surface area contributed by atoms with Gasteiger partial charge in [-0.1, -0.05) is 221 Å². The largest absolute Gasteiger partial charge is 0.255 e. The van der Waals surface area contributed by atoms with Gasteiger partial charge in [-0.15, -0.1) is 0 Å². The fraction of sp³-hybridized carbons (Fsp3) is 0.357. The van der Waals surface area contributed by atoms with Crippen molar-refractivity contribution in [1.82, 2.24) is 0 Å². The van der Waals surface area contributed by atoms with Crippen molar-refractivity contribution in [2.75, 3.05) is 37.5 Å². The molecule has 13 aliphatic heterocycles. The number of hydrogen-bond acceptors (Lipinski definition) is 18. The van der Waals surface area contributed by atoms with Gasteiger partial charge in [-0.05, 0) is 220 Å². The summed E-state index contributed by atoms with van der Waals surface area (Å²) < 4.78 is 85.0. The van der Waals surface area contributed by atoms with Gasteiger partial charge in [0.15, 0.2) is 0 Å². The maximum absolute atomic E-state index is 14.2. The fourth-order valence-electron chi connectivity index (χ4n) is 13.6. The van der Waals surface area contributed by atoms with Crippen LogP contribution in [-0.2, 0) is 103 Å². The van der Waals surface area contributed by atoms with E-state index >= 15 is 0 Å². The molecule has 0 radical (unpaired) electrons. The van der Waals surface area contributed by atoms with Crippen LogP contribution in [0.15, 0.2) is 256 Å². The van der Waals surface area contributed by atoms with E-state index in [0.717, 1.165) is 174 Å². The van der Waals surface area contributed by atoms with Crippen molar-refractivity contribution >= 4 is 206 Å². The van der Waals surface area contributed by atoms with Crippen molar-refractivity contribution in [3.63, 3.8) is 0 Å². The minimum Gasteiger partial charge on any atom is -0.255 e. The van der Waals surface area contributed by atoms with E-state index in [2.05, 4.69) is 133 Å². The molecule has 13 heterocycles. The van der Waals surface area contributed by atoms with Crippen LogP contribution in [0.2, 0.25) is 0 Å². The Morgan fingerprint density at radius 3 is 0.463 bits per heavy atom. The second-order valence-corrected chi connectivity index (χ2v) is 47.9. The topological polar surface area (TPSA) is 102 Å². The lowest BCUT2D eigenvalue weighted by Gasteiger charge is -2.27. The Labute approximate surface area is 707 Å². The molecule has 0 saturated carbocycles. The summed E-state index contributed by atoms with van der Waals surface area (Å²) in [6.45, 7) is 13.5. The van der Waals surface area contributed by atoms with E-state index in [1.807, 2.05) is 88.8 Å². The number of benzene rings is 9. The van der Waals surface area contributed by atoms with Crippen LogP contribution in [0.25, 0.3) is 0 Å². The average molecular weight is 1770 g/mol. The zero-order valence-corrected chi connectivity index (χ0v) is 77.6. The fourth-order valence-corrected chi connectivity index (χ4v) is 35.2. The Kier molecular flexibility index (Phi) is 29.9. The summed E-state index contributed by atoms with van der Waals surface area (Å²) in [6.07, 6.45) is 27.9. The predicted octanol–water partition coefficient (Wildman–Crippen LogP) is 27.2. The number of unbranched alkanes of at least 4 members (excludes halogenated alkanes) is 6. The molecule has 13 aliphatic rings. The van der Waals surface area contributed by atoms with Gasteiger partial charge in [-0.2, -0.15) is 0 Å². The summed E-state index contributed by atoms with van der Waals surface area (Å²) in [5.74, 6) is 0. The van der Waals surface area contributed by atoms with Crippen molar-refractivity contribution in [3.05, 3.63) is 143 Å². The molecule has 0 aromatic heterocycles. The van der Waals surface area contributed by atoms with Crippen molar-refractivity contribution in [1.29, 1.82) is 0 Å². The monoisotopic (exact) mass is 1770 g/mol. The molecule has 6 atom stereocenters. The zero-order valence-electron chi connectivity index (χ0n) is 62.9. The third kappa shape index (κ3) is 18.6. The number of hydrogen-bond donors (Lipinski definition) is 0. The highest BCUT2D eigenvalue weighted by Crippen LogP contribution is 2.60. The summed E-state index contributed by atoms with van der Waals surface area (Å²) in [5.41, 5.74) is 7.77. The SMILES string of the molecule is CCCCc1c2ccc3c1Sc1ccc(c(CCCC)c1S3)Sc1cc(c(S(C)=O)cc1S(C)=O)Sc1ccc3c(c1CCCC)Sc1ccc(c(CCCC)c1S3)Sc1cc(c(S(C)=O)cc1S(C)=O)Sc1ccc3c(c1CCCC)Sc1ccc(c(CCCC)c1S3)Sc1cc(c(S(C)=O)cc1S(C)=O)S2. The van der Waals surface area contributed by atoms with Gasteiger partial charge in [-0.25, -0.2) is 0 Å². The molecule has 0 spiro atoms. The van der Waals surface area contributed by atoms with Gasteiger partial charge >= 0.3 is 0 Å². The highest BCUT2D eigenvalue weighted by Gasteiger charge is 2.33. The quantitative estimate of drug-likeness (QED) is 0.0573. The molecule has 570 valence electrons. The zero-order chi connectivity index (χ0) is 76.2. The van der Waals surface area contributed by atoms with Crippen LogP contribution < -0.4 is 0 Å². The first-order valence-electron chi connectivity index (χ1n) is 36.9. The lowest BCUT2D eigenvalue weighted by atomic mass is 10.1. The van der Waals surface area contributed by atoms with Gasteiger partial charge in [0.05, 0.1) is 94.2 Å². The number of rotatable bonds is 24. The standard InChI is InChI=1S/C84H90O6S18/c1-13-19-25-49-55-31-37-61-79(49)97-62-38-32-56(50(26-20-14-2)80(62)98-61)93-69-44-70(76(106(10)88)47-75(69)105(9)87)94-58-35-41-65-83(52(58)28-22-16-4)101-66-42-36-60(54(30-24-18-6)84(66)102-65)96-72-45-71(77(107(11)89)48-78(72)108(12)90)95-59-34-40-64-82(53(59)29-23-17-5)100-63-39-33-57(51(27-21-15-3)81(63)99-64)92-68-43-67(91-55)73(103(7)85)46-74(68)104(8)86/h31-48H,13-30H2,1-12H3. The molecule has 0 saturated heterocycles. The summed E-state index contributed by atoms with van der Waals surface area (Å²) in [5, 5.41) is 0. The van der Waals surface area contributed by atoms with Crippen LogP contribution in [0.4, 0.5) is 0 Å². The van der Waals surface area contributed by atoms with E-state index in [0.29, 0.717) is 29.4 Å². The lowest BCUT2D eigenvalue weighted by molar-refractivity contribution is 0.680. The lowest BCUT2D eigenvalue weighted by Crippen LogP contribution is -2.04. The molecular weight excluding hydrogens is 1680 g/mol. The van der Waals surface area contributed by atoms with E-state index in [9.17, 15) is 25.3 Å². The normalized spacial score (nSPS) is 15.4. The molecule has 9 aromatic rings. The second kappa shape index (κ2) is 38.4. The molecule has 24 heteroatoms. The minimum absolute atomic E-state index is 0.683. The maximum Gasteiger partial charge on any atom is 0.0537 e. The predicted molar refractivity (Wildman–Crippen MR) is 473 cm³/mol. The molecule has 6 nitrogen and oxygen atoms in total. The van der Waals surface area contributed by atoms with Crippen LogP contribution in [0, 0.1) is 0 Å². The van der Waals surface area contributed by atoms with Crippen molar-refractivity contribution in [2.45, 2.75) is 304 Å². The van der Waals surface area contributed by atoms with Crippen LogP contribution >= 0.6 is 141 Å². The van der Waals surface area contributed by atoms with Gasteiger partial charge in [-0.3, -0.25) is 25.3 Å². The molecule has 0 N–H and O–H groups in total. The van der Waals surface area contributed by atoms with E-state index in [-0.39, 0.29) is 0 Å². The van der Waals surface area contributed by atoms with Crippen LogP contribution in [0.3, 0.4) is 0 Å². The molecule has 0 amide bonds. The van der Waals surface area contributed by atoms with Gasteiger partial charge in [0.1, 0.15) is 0 Å². The Morgan fingerprint density at radius 2 is 0.333 bits per heavy atom. The third-order valence-corrected chi connectivity index (χ3v) is 40.9. The molecule has 9 aromatic carbocycles. The van der Waals surface area contributed by atoms with Crippen molar-refractivity contribution < 1.29 is 25.3 Å². The van der Waals surface area contributed by atoms with Gasteiger partial charge < -0.3 is 0 Å².